The molecular weight excluding hydrogens is 313 g/mol. The number of rotatable bonds is 3. The van der Waals surface area contributed by atoms with Gasteiger partial charge in [-0.15, -0.1) is 0 Å². The molecule has 0 aliphatic heterocycles. The van der Waals surface area contributed by atoms with Crippen molar-refractivity contribution in [3.8, 4) is 0 Å². The van der Waals surface area contributed by atoms with Crippen LogP contribution in [0.5, 0.6) is 0 Å². The molecule has 6 nitrogen and oxygen atoms in total. The summed E-state index contributed by atoms with van der Waals surface area (Å²) < 4.78 is 37.8. The van der Waals surface area contributed by atoms with Crippen LogP contribution in [0, 0.1) is 0 Å². The Bertz CT molecular complexity index is 744. The summed E-state index contributed by atoms with van der Waals surface area (Å²) in [5.41, 5.74) is -1.67. The van der Waals surface area contributed by atoms with Gasteiger partial charge in [0.2, 0.25) is 0 Å². The Morgan fingerprint density at radius 3 is 2.74 bits per heavy atom. The molecule has 2 aromatic rings. The van der Waals surface area contributed by atoms with E-state index < -0.39 is 35.1 Å². The lowest BCUT2D eigenvalue weighted by molar-refractivity contribution is -0.137. The highest BCUT2D eigenvalue weighted by molar-refractivity contribution is 5.89. The molecule has 0 spiro atoms. The number of pyridine rings is 2. The summed E-state index contributed by atoms with van der Waals surface area (Å²) in [5, 5.41) is 4.62. The second-order valence-electron chi connectivity index (χ2n) is 4.74. The van der Waals surface area contributed by atoms with Gasteiger partial charge >= 0.3 is 12.2 Å². The van der Waals surface area contributed by atoms with Gasteiger partial charge in [-0.1, -0.05) is 6.07 Å². The molecule has 2 rings (SSSR count). The molecule has 3 N–H and O–H groups in total. The molecule has 0 bridgehead atoms. The van der Waals surface area contributed by atoms with Crippen LogP contribution in [0.25, 0.3) is 0 Å². The largest absolute Gasteiger partial charge is 0.417 e. The van der Waals surface area contributed by atoms with Gasteiger partial charge in [-0.25, -0.2) is 4.79 Å². The summed E-state index contributed by atoms with van der Waals surface area (Å²) >= 11 is 0. The number of halogens is 3. The number of alkyl halides is 3. The Morgan fingerprint density at radius 2 is 2.13 bits per heavy atom. The number of aromatic nitrogens is 2. The van der Waals surface area contributed by atoms with Gasteiger partial charge in [-0.05, 0) is 24.6 Å². The summed E-state index contributed by atoms with van der Waals surface area (Å²) in [6.45, 7) is 1.67. The van der Waals surface area contributed by atoms with E-state index in [0.29, 0.717) is 17.8 Å². The summed E-state index contributed by atoms with van der Waals surface area (Å²) in [7, 11) is 0. The molecule has 0 saturated heterocycles. The Morgan fingerprint density at radius 1 is 1.39 bits per heavy atom. The second-order valence-corrected chi connectivity index (χ2v) is 4.74. The normalized spacial score (nSPS) is 12.5. The summed E-state index contributed by atoms with van der Waals surface area (Å²) in [4.78, 5) is 29.2. The van der Waals surface area contributed by atoms with Gasteiger partial charge < -0.3 is 15.6 Å². The molecule has 2 amide bonds. The minimum Gasteiger partial charge on any atom is -0.331 e. The fourth-order valence-electron chi connectivity index (χ4n) is 1.81. The van der Waals surface area contributed by atoms with Crippen LogP contribution in [-0.2, 0) is 6.18 Å². The first-order valence-electron chi connectivity index (χ1n) is 6.55. The predicted molar refractivity (Wildman–Crippen MR) is 76.9 cm³/mol. The number of aromatic amines is 1. The number of anilines is 1. The third-order valence-electron chi connectivity index (χ3n) is 3.01. The van der Waals surface area contributed by atoms with Gasteiger partial charge in [0.05, 0.1) is 11.6 Å². The monoisotopic (exact) mass is 326 g/mol. The van der Waals surface area contributed by atoms with Crippen LogP contribution in [0.3, 0.4) is 0 Å². The van der Waals surface area contributed by atoms with Gasteiger partial charge in [0.15, 0.2) is 0 Å². The van der Waals surface area contributed by atoms with Crippen molar-refractivity contribution < 1.29 is 18.0 Å². The molecule has 0 aliphatic carbocycles. The molecule has 0 fully saturated rings. The third-order valence-corrected chi connectivity index (χ3v) is 3.01. The summed E-state index contributed by atoms with van der Waals surface area (Å²) in [6.07, 6.45) is -0.968. The van der Waals surface area contributed by atoms with E-state index in [1.165, 1.54) is 0 Å². The van der Waals surface area contributed by atoms with Gasteiger partial charge in [0.25, 0.3) is 5.56 Å². The van der Waals surface area contributed by atoms with Crippen molar-refractivity contribution in [2.75, 3.05) is 5.32 Å². The van der Waals surface area contributed by atoms with E-state index in [-0.39, 0.29) is 0 Å². The van der Waals surface area contributed by atoms with E-state index in [1.807, 2.05) is 4.98 Å². The zero-order chi connectivity index (χ0) is 17.0. The Kier molecular flexibility index (Phi) is 4.68. The van der Waals surface area contributed by atoms with Gasteiger partial charge in [0, 0.05) is 18.6 Å². The van der Waals surface area contributed by atoms with Crippen LogP contribution in [0.15, 0.2) is 41.6 Å². The Labute approximate surface area is 128 Å². The molecule has 23 heavy (non-hydrogen) atoms. The maximum absolute atomic E-state index is 12.6. The molecule has 2 heterocycles. The van der Waals surface area contributed by atoms with E-state index in [1.54, 1.807) is 31.5 Å². The van der Waals surface area contributed by atoms with Gasteiger partial charge in [-0.2, -0.15) is 13.2 Å². The fraction of sp³-hybridized carbons (Fsp3) is 0.214. The lowest BCUT2D eigenvalue weighted by Gasteiger charge is -2.15. The van der Waals surface area contributed by atoms with Crippen LogP contribution < -0.4 is 16.2 Å². The van der Waals surface area contributed by atoms with Crippen molar-refractivity contribution in [1.29, 1.82) is 0 Å². The number of carbonyl (C=O) groups is 1. The van der Waals surface area contributed by atoms with Crippen molar-refractivity contribution in [2.24, 2.45) is 0 Å². The molecular formula is C14H13F3N4O2. The number of hydrogen-bond donors (Lipinski definition) is 3. The number of H-pyrrole nitrogens is 1. The smallest absolute Gasteiger partial charge is 0.331 e. The number of hydrogen-bond acceptors (Lipinski definition) is 3. The second kappa shape index (κ2) is 6.51. The van der Waals surface area contributed by atoms with E-state index in [0.717, 1.165) is 0 Å². The van der Waals surface area contributed by atoms with Crippen LogP contribution in [0.2, 0.25) is 0 Å². The molecule has 0 radical (unpaired) electrons. The summed E-state index contributed by atoms with van der Waals surface area (Å²) in [5.74, 6) is 0. The highest BCUT2D eigenvalue weighted by Gasteiger charge is 2.31. The molecule has 0 aromatic carbocycles. The maximum Gasteiger partial charge on any atom is 0.417 e. The van der Waals surface area contributed by atoms with Crippen molar-refractivity contribution in [2.45, 2.75) is 19.1 Å². The lowest BCUT2D eigenvalue weighted by Crippen LogP contribution is -2.33. The number of nitrogens with zero attached hydrogens (tertiary/aromatic N) is 1. The Balaban J connectivity index is 2.10. The van der Waals surface area contributed by atoms with Crippen LogP contribution >= 0.6 is 0 Å². The zero-order valence-corrected chi connectivity index (χ0v) is 11.9. The first-order valence-corrected chi connectivity index (χ1v) is 6.55. The molecule has 9 heteroatoms. The quantitative estimate of drug-likeness (QED) is 0.810. The average molecular weight is 326 g/mol. The maximum atomic E-state index is 12.6. The molecule has 1 atom stereocenters. The minimum atomic E-state index is -4.62. The van der Waals surface area contributed by atoms with E-state index in [4.69, 9.17) is 0 Å². The van der Waals surface area contributed by atoms with Crippen molar-refractivity contribution in [3.05, 3.63) is 58.3 Å². The van der Waals surface area contributed by atoms with E-state index in [2.05, 4.69) is 15.6 Å². The predicted octanol–water partition coefficient (Wildman–Crippen LogP) is 2.67. The highest BCUT2D eigenvalue weighted by atomic mass is 19.4. The Hall–Kier alpha value is -2.84. The molecule has 2 aromatic heterocycles. The van der Waals surface area contributed by atoms with Crippen LogP contribution in [-0.4, -0.2) is 16.0 Å². The van der Waals surface area contributed by atoms with Crippen molar-refractivity contribution >= 4 is 11.7 Å². The molecule has 0 aliphatic rings. The molecule has 0 unspecified atom stereocenters. The minimum absolute atomic E-state index is 0.436. The number of nitrogens with one attached hydrogen (secondary N) is 3. The van der Waals surface area contributed by atoms with E-state index in [9.17, 15) is 22.8 Å². The first kappa shape index (κ1) is 16.5. The highest BCUT2D eigenvalue weighted by Crippen LogP contribution is 2.29. The standard InChI is InChI=1S/C14H13F3N4O2/c1-8(9-3-2-4-18-6-9)20-13(23)21-11-5-10(14(15,16)17)7-19-12(11)22/h2-8H,1H3,(H,19,22)(H2,20,21,23)/t8-/m0/s1. The number of amides is 2. The lowest BCUT2D eigenvalue weighted by atomic mass is 10.1. The van der Waals surface area contributed by atoms with E-state index >= 15 is 0 Å². The third kappa shape index (κ3) is 4.31. The van der Waals surface area contributed by atoms with Crippen LogP contribution in [0.4, 0.5) is 23.7 Å². The number of carbonyl (C=O) groups excluding carboxylic acids is 1. The first-order chi connectivity index (χ1) is 10.8. The summed E-state index contributed by atoms with van der Waals surface area (Å²) in [6, 6.07) is 2.75. The SMILES string of the molecule is C[C@H](NC(=O)Nc1cc(C(F)(F)F)c[nH]c1=O)c1cccnc1. The molecule has 122 valence electrons. The van der Waals surface area contributed by atoms with Gasteiger partial charge in [-0.3, -0.25) is 9.78 Å². The number of urea groups is 1. The zero-order valence-electron chi connectivity index (χ0n) is 11.9. The topological polar surface area (TPSA) is 86.9 Å². The average Bonchev–Trinajstić information content (AvgIpc) is 2.49. The van der Waals surface area contributed by atoms with Crippen molar-refractivity contribution in [3.63, 3.8) is 0 Å². The fourth-order valence-corrected chi connectivity index (χ4v) is 1.81. The molecule has 0 saturated carbocycles. The van der Waals surface area contributed by atoms with Crippen molar-refractivity contribution in [1.82, 2.24) is 15.3 Å². The van der Waals surface area contributed by atoms with Gasteiger partial charge in [0.1, 0.15) is 5.69 Å². The van der Waals surface area contributed by atoms with Crippen LogP contribution in [0.1, 0.15) is 24.1 Å².